The van der Waals surface area contributed by atoms with Crippen molar-refractivity contribution >= 4 is 0 Å². The zero-order chi connectivity index (χ0) is 10.1. The quantitative estimate of drug-likeness (QED) is 0.757. The average Bonchev–Trinajstić information content (AvgIpc) is 2.15. The van der Waals surface area contributed by atoms with Crippen LogP contribution in [0.1, 0.15) is 43.6 Å². The monoisotopic (exact) mass is 203 g/mol. The summed E-state index contributed by atoms with van der Waals surface area (Å²) in [5.74, 6) is 0.693. The molecule has 0 aromatic carbocycles. The molecule has 3 fully saturated rings. The summed E-state index contributed by atoms with van der Waals surface area (Å²) in [5, 5.41) is 3.62. The minimum atomic E-state index is 0.693. The maximum Gasteiger partial charge on any atom is 0.115 e. The number of fused-ring (bicyclic) bond motifs is 4. The summed E-state index contributed by atoms with van der Waals surface area (Å²) in [6, 6.07) is 1.59. The number of rotatable bonds is 1. The number of hydrogen-bond acceptors (Lipinski definition) is 3. The molecular weight excluding hydrogens is 186 g/mol. The first kappa shape index (κ1) is 9.28. The molecule has 0 radical (unpaired) electrons. The summed E-state index contributed by atoms with van der Waals surface area (Å²) in [4.78, 5) is 8.23. The first-order valence-electron chi connectivity index (χ1n) is 5.93. The van der Waals surface area contributed by atoms with Gasteiger partial charge in [-0.05, 0) is 43.6 Å². The molecule has 1 aromatic heterocycles. The zero-order valence-electron chi connectivity index (χ0n) is 8.89. The highest BCUT2D eigenvalue weighted by Crippen LogP contribution is 2.34. The predicted molar refractivity (Wildman–Crippen MR) is 58.6 cm³/mol. The smallest absolute Gasteiger partial charge is 0.115 e. The van der Waals surface area contributed by atoms with Gasteiger partial charge in [-0.3, -0.25) is 0 Å². The van der Waals surface area contributed by atoms with Crippen molar-refractivity contribution in [2.24, 2.45) is 0 Å². The van der Waals surface area contributed by atoms with Crippen LogP contribution in [-0.2, 0) is 0 Å². The van der Waals surface area contributed by atoms with Crippen molar-refractivity contribution in [3.63, 3.8) is 0 Å². The lowest BCUT2D eigenvalue weighted by atomic mass is 9.79. The topological polar surface area (TPSA) is 37.8 Å². The molecular formula is C12H17N3. The fraction of sp³-hybridized carbons (Fsp3) is 0.667. The van der Waals surface area contributed by atoms with E-state index in [1.165, 1.54) is 37.7 Å². The van der Waals surface area contributed by atoms with E-state index in [-0.39, 0.29) is 0 Å². The summed E-state index contributed by atoms with van der Waals surface area (Å²) >= 11 is 0. The van der Waals surface area contributed by atoms with Gasteiger partial charge in [0, 0.05) is 24.5 Å². The second-order valence-corrected chi connectivity index (χ2v) is 4.82. The van der Waals surface area contributed by atoms with Gasteiger partial charge in [-0.25, -0.2) is 9.97 Å². The molecule has 2 unspecified atom stereocenters. The second kappa shape index (κ2) is 3.89. The number of hydrogen-bond donors (Lipinski definition) is 1. The van der Waals surface area contributed by atoms with E-state index >= 15 is 0 Å². The van der Waals surface area contributed by atoms with Gasteiger partial charge in [-0.15, -0.1) is 0 Å². The fourth-order valence-electron chi connectivity index (χ4n) is 2.86. The molecule has 2 saturated heterocycles. The molecule has 2 bridgehead atoms. The Labute approximate surface area is 90.3 Å². The molecule has 2 aliphatic heterocycles. The van der Waals surface area contributed by atoms with Crippen LogP contribution in [-0.4, -0.2) is 22.1 Å². The average molecular weight is 203 g/mol. The lowest BCUT2D eigenvalue weighted by molar-refractivity contribution is 0.202. The second-order valence-electron chi connectivity index (χ2n) is 4.82. The van der Waals surface area contributed by atoms with Gasteiger partial charge in [-0.2, -0.15) is 0 Å². The highest BCUT2D eigenvalue weighted by atomic mass is 15.0. The standard InChI is InChI=1S/C12H17N3/c1-3-11-5-12(15-11)4-2-9(1)10-6-13-8-14-7-10/h6-9,11-12,15H,1-5H2. The van der Waals surface area contributed by atoms with Crippen LogP contribution in [0.25, 0.3) is 0 Å². The maximum atomic E-state index is 4.12. The molecule has 0 amide bonds. The minimum Gasteiger partial charge on any atom is -0.311 e. The van der Waals surface area contributed by atoms with Gasteiger partial charge in [-0.1, -0.05) is 0 Å². The van der Waals surface area contributed by atoms with Crippen molar-refractivity contribution in [1.29, 1.82) is 0 Å². The molecule has 4 rings (SSSR count). The first-order chi connectivity index (χ1) is 7.42. The van der Waals surface area contributed by atoms with Gasteiger partial charge < -0.3 is 5.32 Å². The van der Waals surface area contributed by atoms with Crippen LogP contribution in [0.3, 0.4) is 0 Å². The van der Waals surface area contributed by atoms with Gasteiger partial charge in [0.1, 0.15) is 6.33 Å². The van der Waals surface area contributed by atoms with Crippen molar-refractivity contribution in [1.82, 2.24) is 15.3 Å². The van der Waals surface area contributed by atoms with E-state index in [2.05, 4.69) is 15.3 Å². The van der Waals surface area contributed by atoms with Crippen molar-refractivity contribution in [2.75, 3.05) is 0 Å². The van der Waals surface area contributed by atoms with Crippen molar-refractivity contribution in [2.45, 2.75) is 50.1 Å². The largest absolute Gasteiger partial charge is 0.311 e. The Morgan fingerprint density at radius 1 is 1.00 bits per heavy atom. The molecule has 3 heteroatoms. The van der Waals surface area contributed by atoms with Crippen LogP contribution in [0.4, 0.5) is 0 Å². The molecule has 3 nitrogen and oxygen atoms in total. The van der Waals surface area contributed by atoms with Crippen molar-refractivity contribution in [3.05, 3.63) is 24.3 Å². The molecule has 1 aliphatic carbocycles. The third kappa shape index (κ3) is 1.88. The lowest BCUT2D eigenvalue weighted by Crippen LogP contribution is -2.53. The predicted octanol–water partition coefficient (Wildman–Crippen LogP) is 1.86. The van der Waals surface area contributed by atoms with Gasteiger partial charge in [0.05, 0.1) is 0 Å². The number of aromatic nitrogens is 2. The van der Waals surface area contributed by atoms with E-state index in [9.17, 15) is 0 Å². The molecule has 1 N–H and O–H groups in total. The third-order valence-electron chi connectivity index (χ3n) is 3.82. The van der Waals surface area contributed by atoms with Gasteiger partial charge in [0.2, 0.25) is 0 Å². The van der Waals surface area contributed by atoms with Crippen LogP contribution in [0, 0.1) is 0 Å². The van der Waals surface area contributed by atoms with E-state index in [0.29, 0.717) is 5.92 Å². The summed E-state index contributed by atoms with van der Waals surface area (Å²) < 4.78 is 0. The summed E-state index contributed by atoms with van der Waals surface area (Å²) in [5.41, 5.74) is 1.33. The van der Waals surface area contributed by atoms with Crippen molar-refractivity contribution in [3.8, 4) is 0 Å². The SMILES string of the molecule is c1ncc(C2CCC3CC(CC2)N3)cn1. The molecule has 80 valence electrons. The van der Waals surface area contributed by atoms with Gasteiger partial charge >= 0.3 is 0 Å². The van der Waals surface area contributed by atoms with Crippen LogP contribution < -0.4 is 5.32 Å². The molecule has 2 atom stereocenters. The first-order valence-corrected chi connectivity index (χ1v) is 5.93. The Hall–Kier alpha value is -0.960. The lowest BCUT2D eigenvalue weighted by Gasteiger charge is -2.41. The molecule has 1 saturated carbocycles. The van der Waals surface area contributed by atoms with Crippen LogP contribution in [0.2, 0.25) is 0 Å². The molecule has 3 heterocycles. The van der Waals surface area contributed by atoms with E-state index in [1.807, 2.05) is 12.4 Å². The Balaban J connectivity index is 1.71. The van der Waals surface area contributed by atoms with Crippen LogP contribution >= 0.6 is 0 Å². The molecule has 1 aromatic rings. The zero-order valence-corrected chi connectivity index (χ0v) is 8.89. The Morgan fingerprint density at radius 3 is 2.20 bits per heavy atom. The number of nitrogens with one attached hydrogen (secondary N) is 1. The van der Waals surface area contributed by atoms with Gasteiger partial charge in [0.25, 0.3) is 0 Å². The molecule has 0 spiro atoms. The Kier molecular flexibility index (Phi) is 2.41. The fourth-order valence-corrected chi connectivity index (χ4v) is 2.86. The highest BCUT2D eigenvalue weighted by Gasteiger charge is 2.31. The molecule has 15 heavy (non-hydrogen) atoms. The Bertz CT molecular complexity index is 307. The van der Waals surface area contributed by atoms with Crippen molar-refractivity contribution < 1.29 is 0 Å². The van der Waals surface area contributed by atoms with E-state index < -0.39 is 0 Å². The van der Waals surface area contributed by atoms with Gasteiger partial charge in [0.15, 0.2) is 0 Å². The van der Waals surface area contributed by atoms with E-state index in [0.717, 1.165) is 12.1 Å². The van der Waals surface area contributed by atoms with Crippen LogP contribution in [0.15, 0.2) is 18.7 Å². The van der Waals surface area contributed by atoms with E-state index in [4.69, 9.17) is 0 Å². The summed E-state index contributed by atoms with van der Waals surface area (Å²) in [6.45, 7) is 0. The van der Waals surface area contributed by atoms with E-state index in [1.54, 1.807) is 6.33 Å². The highest BCUT2D eigenvalue weighted by molar-refractivity contribution is 5.11. The normalized spacial score (nSPS) is 35.1. The summed E-state index contributed by atoms with van der Waals surface area (Å²) in [7, 11) is 0. The maximum absolute atomic E-state index is 4.12. The number of nitrogens with zero attached hydrogens (tertiary/aromatic N) is 2. The summed E-state index contributed by atoms with van der Waals surface area (Å²) in [6.07, 6.45) is 12.2. The minimum absolute atomic E-state index is 0.693. The molecule has 3 aliphatic rings. The Morgan fingerprint density at radius 2 is 1.60 bits per heavy atom. The van der Waals surface area contributed by atoms with Crippen LogP contribution in [0.5, 0.6) is 0 Å². The third-order valence-corrected chi connectivity index (χ3v) is 3.82.